The number of nitrogens with one attached hydrogen (secondary N) is 2. The zero-order valence-corrected chi connectivity index (χ0v) is 15.9. The third-order valence-corrected chi connectivity index (χ3v) is 5.39. The molecule has 0 radical (unpaired) electrons. The Labute approximate surface area is 143 Å². The van der Waals surface area contributed by atoms with E-state index >= 15 is 0 Å². The largest absolute Gasteiger partial charge is 0.379 e. The third-order valence-electron chi connectivity index (χ3n) is 3.25. The maximum atomic E-state index is 11.0. The van der Waals surface area contributed by atoms with Crippen molar-refractivity contribution in [3.63, 3.8) is 0 Å². The first-order valence-electron chi connectivity index (χ1n) is 7.48. The van der Waals surface area contributed by atoms with Crippen LogP contribution >= 0.6 is 11.3 Å². The SMILES string of the molecule is CN=C(NCCOCCS(C)(=O)=O)NCC(C)(C)c1cccs1. The summed E-state index contributed by atoms with van der Waals surface area (Å²) in [4.78, 5) is 5.50. The highest BCUT2D eigenvalue weighted by molar-refractivity contribution is 7.90. The van der Waals surface area contributed by atoms with Gasteiger partial charge >= 0.3 is 0 Å². The summed E-state index contributed by atoms with van der Waals surface area (Å²) in [5, 5.41) is 8.54. The van der Waals surface area contributed by atoms with E-state index in [2.05, 4.69) is 47.0 Å². The van der Waals surface area contributed by atoms with Crippen LogP contribution in [0.25, 0.3) is 0 Å². The molecule has 0 atom stereocenters. The lowest BCUT2D eigenvalue weighted by molar-refractivity contribution is 0.154. The Morgan fingerprint density at radius 1 is 1.35 bits per heavy atom. The summed E-state index contributed by atoms with van der Waals surface area (Å²) >= 11 is 1.75. The highest BCUT2D eigenvalue weighted by atomic mass is 32.2. The van der Waals surface area contributed by atoms with Crippen LogP contribution in [0.3, 0.4) is 0 Å². The van der Waals surface area contributed by atoms with E-state index in [1.54, 1.807) is 18.4 Å². The molecule has 0 aromatic carbocycles. The predicted octanol–water partition coefficient (Wildman–Crippen LogP) is 1.25. The molecule has 2 N–H and O–H groups in total. The molecule has 0 saturated heterocycles. The van der Waals surface area contributed by atoms with E-state index in [0.29, 0.717) is 19.1 Å². The van der Waals surface area contributed by atoms with Crippen LogP contribution in [-0.4, -0.2) is 59.7 Å². The molecule has 0 aliphatic heterocycles. The fraction of sp³-hybridized carbons (Fsp3) is 0.667. The van der Waals surface area contributed by atoms with Gasteiger partial charge in [0.2, 0.25) is 0 Å². The van der Waals surface area contributed by atoms with Crippen molar-refractivity contribution in [2.75, 3.05) is 45.4 Å². The van der Waals surface area contributed by atoms with Crippen LogP contribution in [-0.2, 0) is 20.0 Å². The molecule has 0 amide bonds. The van der Waals surface area contributed by atoms with Crippen LogP contribution in [0.5, 0.6) is 0 Å². The second kappa shape index (κ2) is 9.24. The van der Waals surface area contributed by atoms with Gasteiger partial charge in [0.25, 0.3) is 0 Å². The number of nitrogens with zero attached hydrogens (tertiary/aromatic N) is 1. The van der Waals surface area contributed by atoms with Crippen LogP contribution in [0.2, 0.25) is 0 Å². The molecule has 0 spiro atoms. The zero-order chi connectivity index (χ0) is 17.3. The van der Waals surface area contributed by atoms with E-state index in [0.717, 1.165) is 6.54 Å². The Morgan fingerprint density at radius 3 is 2.65 bits per heavy atom. The van der Waals surface area contributed by atoms with Gasteiger partial charge in [-0.2, -0.15) is 0 Å². The molecule has 132 valence electrons. The molecule has 1 rings (SSSR count). The zero-order valence-electron chi connectivity index (χ0n) is 14.3. The summed E-state index contributed by atoms with van der Waals surface area (Å²) in [6.45, 7) is 6.37. The van der Waals surface area contributed by atoms with E-state index < -0.39 is 9.84 Å². The van der Waals surface area contributed by atoms with Gasteiger partial charge in [0.1, 0.15) is 9.84 Å². The van der Waals surface area contributed by atoms with Gasteiger partial charge in [-0.3, -0.25) is 4.99 Å². The first-order chi connectivity index (χ1) is 10.7. The average molecular weight is 362 g/mol. The van der Waals surface area contributed by atoms with Crippen LogP contribution in [0, 0.1) is 0 Å². The van der Waals surface area contributed by atoms with Gasteiger partial charge in [-0.25, -0.2) is 8.42 Å². The molecule has 1 aromatic rings. The van der Waals surface area contributed by atoms with Crippen molar-refractivity contribution in [1.82, 2.24) is 10.6 Å². The predicted molar refractivity (Wildman–Crippen MR) is 97.2 cm³/mol. The molecule has 0 aliphatic rings. The van der Waals surface area contributed by atoms with Crippen LogP contribution < -0.4 is 10.6 Å². The van der Waals surface area contributed by atoms with Crippen LogP contribution in [0.15, 0.2) is 22.5 Å². The highest BCUT2D eigenvalue weighted by Crippen LogP contribution is 2.26. The highest BCUT2D eigenvalue weighted by Gasteiger charge is 2.21. The monoisotopic (exact) mass is 361 g/mol. The van der Waals surface area contributed by atoms with E-state index in [4.69, 9.17) is 4.74 Å². The van der Waals surface area contributed by atoms with Crippen LogP contribution in [0.1, 0.15) is 18.7 Å². The number of rotatable bonds is 9. The van der Waals surface area contributed by atoms with Crippen molar-refractivity contribution < 1.29 is 13.2 Å². The Balaban J connectivity index is 2.25. The third kappa shape index (κ3) is 8.34. The molecule has 0 saturated carbocycles. The molecular weight excluding hydrogens is 334 g/mol. The average Bonchev–Trinajstić information content (AvgIpc) is 2.99. The number of sulfone groups is 1. The maximum Gasteiger partial charge on any atom is 0.191 e. The summed E-state index contributed by atoms with van der Waals surface area (Å²) < 4.78 is 27.2. The minimum Gasteiger partial charge on any atom is -0.379 e. The second-order valence-electron chi connectivity index (χ2n) is 5.96. The van der Waals surface area contributed by atoms with E-state index in [-0.39, 0.29) is 17.8 Å². The Bertz CT molecular complexity index is 581. The van der Waals surface area contributed by atoms with Crippen molar-refractivity contribution in [2.24, 2.45) is 4.99 Å². The summed E-state index contributed by atoms with van der Waals surface area (Å²) in [5.74, 6) is 0.760. The Morgan fingerprint density at radius 2 is 2.09 bits per heavy atom. The number of guanidine groups is 1. The van der Waals surface area contributed by atoms with Gasteiger partial charge in [0.15, 0.2) is 5.96 Å². The fourth-order valence-electron chi connectivity index (χ4n) is 1.83. The summed E-state index contributed by atoms with van der Waals surface area (Å²) in [7, 11) is -1.24. The van der Waals surface area contributed by atoms with Gasteiger partial charge in [-0.1, -0.05) is 19.9 Å². The number of hydrogen-bond acceptors (Lipinski definition) is 5. The number of ether oxygens (including phenoxy) is 1. The van der Waals surface area contributed by atoms with Gasteiger partial charge in [0, 0.05) is 36.7 Å². The summed E-state index contributed by atoms with van der Waals surface area (Å²) in [6, 6.07) is 4.20. The lowest BCUT2D eigenvalue weighted by Crippen LogP contribution is -2.44. The second-order valence-corrected chi connectivity index (χ2v) is 9.16. The normalized spacial score (nSPS) is 13.1. The lowest BCUT2D eigenvalue weighted by Gasteiger charge is -2.25. The molecular formula is C15H27N3O3S2. The van der Waals surface area contributed by atoms with Crippen molar-refractivity contribution in [2.45, 2.75) is 19.3 Å². The molecule has 0 unspecified atom stereocenters. The van der Waals surface area contributed by atoms with Crippen LogP contribution in [0.4, 0.5) is 0 Å². The van der Waals surface area contributed by atoms with Gasteiger partial charge in [-0.05, 0) is 11.4 Å². The summed E-state index contributed by atoms with van der Waals surface area (Å²) in [6.07, 6.45) is 1.20. The maximum absolute atomic E-state index is 11.0. The quantitative estimate of drug-likeness (QED) is 0.393. The van der Waals surface area contributed by atoms with Gasteiger partial charge in [-0.15, -0.1) is 11.3 Å². The van der Waals surface area contributed by atoms with Gasteiger partial charge in [0.05, 0.1) is 19.0 Å². The lowest BCUT2D eigenvalue weighted by atomic mass is 9.91. The topological polar surface area (TPSA) is 79.8 Å². The van der Waals surface area contributed by atoms with E-state index in [9.17, 15) is 8.42 Å². The van der Waals surface area contributed by atoms with E-state index in [1.165, 1.54) is 11.1 Å². The van der Waals surface area contributed by atoms with Gasteiger partial charge < -0.3 is 15.4 Å². The molecule has 23 heavy (non-hydrogen) atoms. The minimum absolute atomic E-state index is 0.0256. The molecule has 1 heterocycles. The molecule has 8 heteroatoms. The standard InChI is InChI=1S/C15H27N3O3S2/c1-15(2,13-6-5-10-22-13)12-18-14(16-3)17-7-8-21-9-11-23(4,19)20/h5-6,10H,7-9,11-12H2,1-4H3,(H2,16,17,18). The Kier molecular flexibility index (Phi) is 8.01. The summed E-state index contributed by atoms with van der Waals surface area (Å²) in [5.41, 5.74) is 0.0256. The minimum atomic E-state index is -2.96. The molecule has 6 nitrogen and oxygen atoms in total. The fourth-order valence-corrected chi connectivity index (χ4v) is 3.10. The number of thiophene rings is 1. The first-order valence-corrected chi connectivity index (χ1v) is 10.4. The smallest absolute Gasteiger partial charge is 0.191 e. The first kappa shape index (κ1) is 19.9. The Hall–Kier alpha value is -1.12. The molecule has 0 bridgehead atoms. The molecule has 0 aliphatic carbocycles. The molecule has 0 fully saturated rings. The van der Waals surface area contributed by atoms with Crippen molar-refractivity contribution >= 4 is 27.1 Å². The van der Waals surface area contributed by atoms with Crippen molar-refractivity contribution in [3.05, 3.63) is 22.4 Å². The number of aliphatic imine (C=N–C) groups is 1. The van der Waals surface area contributed by atoms with E-state index in [1.807, 2.05) is 0 Å². The van der Waals surface area contributed by atoms with Crippen molar-refractivity contribution in [3.8, 4) is 0 Å². The number of hydrogen-bond donors (Lipinski definition) is 2. The molecule has 1 aromatic heterocycles. The van der Waals surface area contributed by atoms with Crippen molar-refractivity contribution in [1.29, 1.82) is 0 Å².